The van der Waals surface area contributed by atoms with Crippen molar-refractivity contribution in [2.45, 2.75) is 0 Å². The van der Waals surface area contributed by atoms with Gasteiger partial charge in [0.1, 0.15) is 0 Å². The Labute approximate surface area is 153 Å². The molecule has 0 radical (unpaired) electrons. The summed E-state index contributed by atoms with van der Waals surface area (Å²) in [5, 5.41) is 0. The van der Waals surface area contributed by atoms with Crippen LogP contribution in [0.25, 0.3) is 0 Å². The Bertz CT molecular complexity index is 341. The third kappa shape index (κ3) is 1580. The molecule has 0 saturated heterocycles. The summed E-state index contributed by atoms with van der Waals surface area (Å²) in [7, 11) is -15.5. The topological polar surface area (TPSA) is 272 Å². The second-order valence-corrected chi connectivity index (χ2v) is 3.67. The summed E-state index contributed by atoms with van der Waals surface area (Å²) in [6.07, 6.45) is 0. The van der Waals surface area contributed by atoms with E-state index in [1.807, 2.05) is 0 Å². The van der Waals surface area contributed by atoms with E-state index in [2.05, 4.69) is 0 Å². The van der Waals surface area contributed by atoms with E-state index in [0.29, 0.717) is 0 Å². The van der Waals surface area contributed by atoms with Crippen molar-refractivity contribution < 1.29 is 123 Å². The smallest absolute Gasteiger partial charge is 0.759 e. The van der Waals surface area contributed by atoms with Crippen LogP contribution in [0.5, 0.6) is 0 Å². The van der Waals surface area contributed by atoms with E-state index in [0.717, 1.165) is 0 Å². The molecule has 18 heavy (non-hydrogen) atoms. The fourth-order valence-electron chi connectivity index (χ4n) is 0. The molecule has 13 nitrogen and oxygen atoms in total. The van der Waals surface area contributed by atoms with Gasteiger partial charge in [0.15, 0.2) is 0 Å². The van der Waals surface area contributed by atoms with Crippen LogP contribution in [-0.4, -0.2) is 58.0 Å². The quantitative estimate of drug-likeness (QED) is 0.231. The molecule has 0 aromatic heterocycles. The van der Waals surface area contributed by atoms with E-state index in [9.17, 15) is 0 Å². The summed E-state index contributed by atoms with van der Waals surface area (Å²) in [6.45, 7) is 0. The fourth-order valence-corrected chi connectivity index (χ4v) is 0. The van der Waals surface area contributed by atoms with Crippen molar-refractivity contribution in [3.05, 3.63) is 0 Å². The van der Waals surface area contributed by atoms with Crippen molar-refractivity contribution in [3.63, 3.8) is 0 Å². The molecule has 0 heterocycles. The molecule has 0 aliphatic carbocycles. The van der Waals surface area contributed by atoms with Crippen molar-refractivity contribution in [2.24, 2.45) is 0 Å². The number of hydrogen-bond donors (Lipinski definition) is 0. The molecule has 0 aromatic carbocycles. The predicted molar refractivity (Wildman–Crippen MR) is 35.0 cm³/mol. The monoisotopic (exact) mass is 484 g/mol. The van der Waals surface area contributed by atoms with Gasteiger partial charge in [-0.2, -0.15) is 0 Å². The summed E-state index contributed by atoms with van der Waals surface area (Å²) in [4.78, 5) is 0. The van der Waals surface area contributed by atoms with Gasteiger partial charge in [-0.3, -0.25) is 25.3 Å². The van der Waals surface area contributed by atoms with Crippen LogP contribution in [0.4, 0.5) is 0 Å². The molecular formula is H2O13S3Y2. The Morgan fingerprint density at radius 1 is 0.444 bits per heavy atom. The van der Waals surface area contributed by atoms with Crippen molar-refractivity contribution >= 4 is 31.2 Å². The minimum atomic E-state index is -5.17. The Hall–Kier alpha value is 1.78. The normalized spacial score (nSPS) is 9.67. The molecule has 0 unspecified atom stereocenters. The summed E-state index contributed by atoms with van der Waals surface area (Å²) in [6, 6.07) is 0. The summed E-state index contributed by atoms with van der Waals surface area (Å²) in [5.74, 6) is 0. The van der Waals surface area contributed by atoms with Gasteiger partial charge in [-0.1, -0.05) is 0 Å². The maximum Gasteiger partial charge on any atom is 3.00 e. The molecule has 18 heteroatoms. The second kappa shape index (κ2) is 15.2. The van der Waals surface area contributed by atoms with Gasteiger partial charge >= 0.3 is 65.4 Å². The van der Waals surface area contributed by atoms with Crippen LogP contribution in [0, 0.1) is 0 Å². The molecular weight excluding hydrogens is 482 g/mol. The molecule has 0 aromatic rings. The van der Waals surface area contributed by atoms with Crippen LogP contribution in [0.2, 0.25) is 0 Å². The zero-order valence-corrected chi connectivity index (χ0v) is 15.9. The van der Waals surface area contributed by atoms with Gasteiger partial charge in [-0.25, -0.2) is 0 Å². The number of hydrogen-bond acceptors (Lipinski definition) is 12. The van der Waals surface area contributed by atoms with Gasteiger partial charge in [0.05, 0.1) is 0 Å². The van der Waals surface area contributed by atoms with E-state index in [1.165, 1.54) is 0 Å². The van der Waals surface area contributed by atoms with Gasteiger partial charge in [-0.05, 0) is 0 Å². The second-order valence-electron chi connectivity index (χ2n) is 1.22. The molecule has 0 rings (SSSR count). The zero-order chi connectivity index (χ0) is 13.5. The molecule has 0 spiro atoms. The van der Waals surface area contributed by atoms with Gasteiger partial charge in [0.25, 0.3) is 0 Å². The summed E-state index contributed by atoms with van der Waals surface area (Å²) in [5.41, 5.74) is 0. The molecule has 104 valence electrons. The van der Waals surface area contributed by atoms with Gasteiger partial charge < -0.3 is 32.8 Å². The standard InChI is InChI=1S/3H2O4S.H2O.2Y/c3*1-5(2,3)4;;;/h3*(H2,1,2,3,4);1H2;;/q;;;;2*+3/p-6. The fraction of sp³-hybridized carbons (Fsp3) is 0. The average molecular weight is 484 g/mol. The van der Waals surface area contributed by atoms with E-state index in [4.69, 9.17) is 52.6 Å². The van der Waals surface area contributed by atoms with Crippen molar-refractivity contribution in [1.29, 1.82) is 0 Å². The predicted octanol–water partition coefficient (Wildman–Crippen LogP) is -4.84. The van der Waals surface area contributed by atoms with Gasteiger partial charge in [0.2, 0.25) is 0 Å². The van der Waals surface area contributed by atoms with E-state index in [-0.39, 0.29) is 70.9 Å². The first-order valence-electron chi connectivity index (χ1n) is 2.00. The maximum atomic E-state index is 8.52. The Kier molecular flexibility index (Phi) is 31.0. The third-order valence-electron chi connectivity index (χ3n) is 0. The van der Waals surface area contributed by atoms with Crippen LogP contribution in [0.3, 0.4) is 0 Å². The van der Waals surface area contributed by atoms with Crippen molar-refractivity contribution in [3.8, 4) is 0 Å². The van der Waals surface area contributed by atoms with Crippen LogP contribution in [0.15, 0.2) is 0 Å². The van der Waals surface area contributed by atoms with Crippen molar-refractivity contribution in [2.75, 3.05) is 0 Å². The molecule has 0 aliphatic heterocycles. The molecule has 0 bridgehead atoms. The molecule has 0 aliphatic rings. The minimum absolute atomic E-state index is 0. The Morgan fingerprint density at radius 3 is 0.444 bits per heavy atom. The molecule has 2 N–H and O–H groups in total. The van der Waals surface area contributed by atoms with Crippen LogP contribution >= 0.6 is 0 Å². The molecule has 0 saturated carbocycles. The van der Waals surface area contributed by atoms with E-state index >= 15 is 0 Å². The minimum Gasteiger partial charge on any atom is -0.759 e. The third-order valence-corrected chi connectivity index (χ3v) is 0. The largest absolute Gasteiger partial charge is 3.00 e. The van der Waals surface area contributed by atoms with Crippen LogP contribution in [0.1, 0.15) is 0 Å². The molecule has 0 fully saturated rings. The molecule has 0 amide bonds. The Morgan fingerprint density at radius 2 is 0.444 bits per heavy atom. The van der Waals surface area contributed by atoms with Gasteiger partial charge in [0, 0.05) is 31.2 Å². The average Bonchev–Trinajstić information content (AvgIpc) is 1.41. The zero-order valence-electron chi connectivity index (χ0n) is 7.78. The summed E-state index contributed by atoms with van der Waals surface area (Å²) < 4.78 is 102. The first-order chi connectivity index (χ1) is 6.00. The van der Waals surface area contributed by atoms with E-state index < -0.39 is 31.2 Å². The van der Waals surface area contributed by atoms with Crippen LogP contribution in [-0.2, 0) is 96.6 Å². The van der Waals surface area contributed by atoms with Crippen molar-refractivity contribution in [1.82, 2.24) is 0 Å². The van der Waals surface area contributed by atoms with Crippen LogP contribution < -0.4 is 0 Å². The first kappa shape index (κ1) is 36.7. The summed E-state index contributed by atoms with van der Waals surface area (Å²) >= 11 is 0. The Balaban J connectivity index is -0.0000000277. The molecule has 0 atom stereocenters. The number of rotatable bonds is 0. The maximum absolute atomic E-state index is 8.52. The van der Waals surface area contributed by atoms with E-state index in [1.54, 1.807) is 0 Å². The first-order valence-corrected chi connectivity index (χ1v) is 6.00. The van der Waals surface area contributed by atoms with Gasteiger partial charge in [-0.15, -0.1) is 0 Å². The SMILES string of the molecule is O.O=S(=O)([O-])[O-].O=S(=O)([O-])[O-].O=S(=O)([O-])[O-].[Y+3].[Y+3].